The van der Waals surface area contributed by atoms with Gasteiger partial charge in [-0.05, 0) is 36.6 Å². The first-order valence-corrected chi connectivity index (χ1v) is 5.32. The lowest BCUT2D eigenvalue weighted by Crippen LogP contribution is -1.88. The average molecular weight is 230 g/mol. The highest BCUT2D eigenvalue weighted by Crippen LogP contribution is 2.41. The first kappa shape index (κ1) is 11.3. The largest absolute Gasteiger partial charge is 0.508 e. The zero-order valence-corrected chi connectivity index (χ0v) is 9.73. The monoisotopic (exact) mass is 230 g/mol. The van der Waals surface area contributed by atoms with Crippen molar-refractivity contribution in [3.8, 4) is 28.4 Å². The van der Waals surface area contributed by atoms with Gasteiger partial charge < -0.3 is 15.3 Å². The molecule has 0 heterocycles. The van der Waals surface area contributed by atoms with Gasteiger partial charge in [-0.2, -0.15) is 0 Å². The molecule has 0 saturated carbocycles. The van der Waals surface area contributed by atoms with Gasteiger partial charge in [-0.1, -0.05) is 18.2 Å². The molecule has 0 aromatic heterocycles. The van der Waals surface area contributed by atoms with Crippen LogP contribution >= 0.6 is 0 Å². The van der Waals surface area contributed by atoms with Crippen LogP contribution in [0.15, 0.2) is 30.3 Å². The van der Waals surface area contributed by atoms with E-state index in [1.54, 1.807) is 0 Å². The van der Waals surface area contributed by atoms with E-state index in [4.69, 9.17) is 0 Å². The van der Waals surface area contributed by atoms with Gasteiger partial charge >= 0.3 is 0 Å². The van der Waals surface area contributed by atoms with E-state index in [1.807, 2.05) is 32.0 Å². The number of phenolic OH excluding ortho intramolecular Hbond substituents is 3. The van der Waals surface area contributed by atoms with Crippen LogP contribution in [0.4, 0.5) is 0 Å². The first-order chi connectivity index (χ1) is 8.00. The minimum Gasteiger partial charge on any atom is -0.508 e. The van der Waals surface area contributed by atoms with Crippen molar-refractivity contribution in [3.05, 3.63) is 41.5 Å². The van der Waals surface area contributed by atoms with E-state index in [0.29, 0.717) is 5.56 Å². The maximum atomic E-state index is 9.83. The molecular weight excluding hydrogens is 216 g/mol. The molecular formula is C14H14O3. The Morgan fingerprint density at radius 3 is 2.29 bits per heavy atom. The van der Waals surface area contributed by atoms with Gasteiger partial charge in [0, 0.05) is 11.6 Å². The average Bonchev–Trinajstić information content (AvgIpc) is 2.27. The molecule has 0 atom stereocenters. The molecule has 0 amide bonds. The van der Waals surface area contributed by atoms with Gasteiger partial charge in [0.15, 0.2) is 11.5 Å². The molecule has 0 radical (unpaired) electrons. The molecule has 0 unspecified atom stereocenters. The summed E-state index contributed by atoms with van der Waals surface area (Å²) >= 11 is 0. The van der Waals surface area contributed by atoms with E-state index in [9.17, 15) is 15.3 Å². The summed E-state index contributed by atoms with van der Waals surface area (Å²) < 4.78 is 0. The van der Waals surface area contributed by atoms with Crippen LogP contribution in [-0.4, -0.2) is 15.3 Å². The molecule has 0 fully saturated rings. The Morgan fingerprint density at radius 1 is 0.882 bits per heavy atom. The molecule has 2 aromatic carbocycles. The van der Waals surface area contributed by atoms with E-state index in [1.165, 1.54) is 6.07 Å². The number of rotatable bonds is 1. The summed E-state index contributed by atoms with van der Waals surface area (Å²) in [6.07, 6.45) is 0. The number of aryl methyl sites for hydroxylation is 1. The van der Waals surface area contributed by atoms with E-state index < -0.39 is 0 Å². The van der Waals surface area contributed by atoms with Gasteiger partial charge in [-0.3, -0.25) is 0 Å². The predicted molar refractivity (Wildman–Crippen MR) is 66.3 cm³/mol. The summed E-state index contributed by atoms with van der Waals surface area (Å²) in [6.45, 7) is 3.91. The van der Waals surface area contributed by atoms with Gasteiger partial charge in [0.25, 0.3) is 0 Å². The molecule has 0 saturated heterocycles. The van der Waals surface area contributed by atoms with Crippen molar-refractivity contribution < 1.29 is 15.3 Å². The lowest BCUT2D eigenvalue weighted by molar-refractivity contribution is 0.398. The number of phenols is 3. The molecule has 0 spiro atoms. The number of aromatic hydroxyl groups is 3. The van der Waals surface area contributed by atoms with Crippen molar-refractivity contribution in [3.63, 3.8) is 0 Å². The summed E-state index contributed by atoms with van der Waals surface area (Å²) in [7, 11) is 0. The Labute approximate surface area is 99.6 Å². The van der Waals surface area contributed by atoms with Crippen molar-refractivity contribution in [2.24, 2.45) is 0 Å². The lowest BCUT2D eigenvalue weighted by Gasteiger charge is -2.11. The van der Waals surface area contributed by atoms with Crippen molar-refractivity contribution in [2.45, 2.75) is 13.8 Å². The minimum atomic E-state index is -0.319. The standard InChI is InChI=1S/C14H14O3/c1-8-4-3-5-11(9(8)2)12-6-10(15)7-13(16)14(12)17/h3-7,15-17H,1-2H3. The normalized spacial score (nSPS) is 10.5. The minimum absolute atomic E-state index is 0.0730. The fourth-order valence-corrected chi connectivity index (χ4v) is 1.85. The van der Waals surface area contributed by atoms with Crippen LogP contribution in [0.2, 0.25) is 0 Å². The second-order valence-electron chi connectivity index (χ2n) is 4.11. The van der Waals surface area contributed by atoms with Crippen LogP contribution in [0.25, 0.3) is 11.1 Å². The van der Waals surface area contributed by atoms with Crippen LogP contribution in [0, 0.1) is 13.8 Å². The fraction of sp³-hybridized carbons (Fsp3) is 0.143. The number of hydrogen-bond donors (Lipinski definition) is 3. The molecule has 17 heavy (non-hydrogen) atoms. The SMILES string of the molecule is Cc1cccc(-c2cc(O)cc(O)c2O)c1C. The van der Waals surface area contributed by atoms with E-state index in [-0.39, 0.29) is 17.2 Å². The van der Waals surface area contributed by atoms with Gasteiger partial charge in [-0.15, -0.1) is 0 Å². The van der Waals surface area contributed by atoms with Gasteiger partial charge in [-0.25, -0.2) is 0 Å². The maximum Gasteiger partial charge on any atom is 0.165 e. The highest BCUT2D eigenvalue weighted by atomic mass is 16.3. The molecule has 0 bridgehead atoms. The van der Waals surface area contributed by atoms with Crippen LogP contribution in [0.1, 0.15) is 11.1 Å². The Bertz CT molecular complexity index is 574. The fourth-order valence-electron chi connectivity index (χ4n) is 1.85. The first-order valence-electron chi connectivity index (χ1n) is 5.32. The van der Waals surface area contributed by atoms with Crippen LogP contribution in [0.5, 0.6) is 17.2 Å². The molecule has 88 valence electrons. The Hall–Kier alpha value is -2.16. The zero-order valence-electron chi connectivity index (χ0n) is 9.73. The Balaban J connectivity index is 2.73. The lowest BCUT2D eigenvalue weighted by atomic mass is 9.96. The maximum absolute atomic E-state index is 9.83. The van der Waals surface area contributed by atoms with Crippen molar-refractivity contribution >= 4 is 0 Å². The third kappa shape index (κ3) is 1.91. The van der Waals surface area contributed by atoms with E-state index in [0.717, 1.165) is 22.8 Å². The molecule has 2 aromatic rings. The van der Waals surface area contributed by atoms with Crippen molar-refractivity contribution in [2.75, 3.05) is 0 Å². The van der Waals surface area contributed by atoms with Crippen molar-refractivity contribution in [1.29, 1.82) is 0 Å². The summed E-state index contributed by atoms with van der Waals surface area (Å²) in [6, 6.07) is 8.24. The molecule has 2 rings (SSSR count). The second-order valence-corrected chi connectivity index (χ2v) is 4.11. The molecule has 3 N–H and O–H groups in total. The molecule has 3 heteroatoms. The Kier molecular flexibility index (Phi) is 2.68. The summed E-state index contributed by atoms with van der Waals surface area (Å²) in [5.74, 6) is -0.603. The Morgan fingerprint density at radius 2 is 1.59 bits per heavy atom. The van der Waals surface area contributed by atoms with E-state index in [2.05, 4.69) is 0 Å². The molecule has 0 aliphatic heterocycles. The summed E-state index contributed by atoms with van der Waals surface area (Å²) in [5.41, 5.74) is 3.33. The van der Waals surface area contributed by atoms with Crippen LogP contribution in [0.3, 0.4) is 0 Å². The third-order valence-corrected chi connectivity index (χ3v) is 2.97. The third-order valence-electron chi connectivity index (χ3n) is 2.97. The second kappa shape index (κ2) is 4.01. The zero-order chi connectivity index (χ0) is 12.6. The summed E-state index contributed by atoms with van der Waals surface area (Å²) in [4.78, 5) is 0. The smallest absolute Gasteiger partial charge is 0.165 e. The van der Waals surface area contributed by atoms with Crippen LogP contribution in [-0.2, 0) is 0 Å². The van der Waals surface area contributed by atoms with E-state index >= 15 is 0 Å². The predicted octanol–water partition coefficient (Wildman–Crippen LogP) is 3.09. The van der Waals surface area contributed by atoms with Crippen LogP contribution < -0.4 is 0 Å². The topological polar surface area (TPSA) is 60.7 Å². The molecule has 0 aliphatic rings. The quantitative estimate of drug-likeness (QED) is 0.521. The molecule has 0 aliphatic carbocycles. The highest BCUT2D eigenvalue weighted by molar-refractivity contribution is 5.77. The number of hydrogen-bond acceptors (Lipinski definition) is 3. The number of benzene rings is 2. The van der Waals surface area contributed by atoms with Gasteiger partial charge in [0.1, 0.15) is 5.75 Å². The highest BCUT2D eigenvalue weighted by Gasteiger charge is 2.13. The van der Waals surface area contributed by atoms with Gasteiger partial charge in [0.2, 0.25) is 0 Å². The summed E-state index contributed by atoms with van der Waals surface area (Å²) in [5, 5.41) is 28.8. The van der Waals surface area contributed by atoms with Gasteiger partial charge in [0.05, 0.1) is 0 Å². The van der Waals surface area contributed by atoms with Crippen molar-refractivity contribution in [1.82, 2.24) is 0 Å². The molecule has 3 nitrogen and oxygen atoms in total.